The van der Waals surface area contributed by atoms with Crippen molar-refractivity contribution in [2.75, 3.05) is 6.61 Å². The van der Waals surface area contributed by atoms with Gasteiger partial charge in [0, 0.05) is 24.1 Å². The van der Waals surface area contributed by atoms with Gasteiger partial charge in [-0.1, -0.05) is 0 Å². The van der Waals surface area contributed by atoms with Gasteiger partial charge >= 0.3 is 5.97 Å². The summed E-state index contributed by atoms with van der Waals surface area (Å²) in [5.41, 5.74) is 0.990. The zero-order valence-corrected chi connectivity index (χ0v) is 9.66. The Kier molecular flexibility index (Phi) is 5.10. The molecule has 1 atom stereocenters. The summed E-state index contributed by atoms with van der Waals surface area (Å²) < 4.78 is 4.90. The summed E-state index contributed by atoms with van der Waals surface area (Å²) in [6.45, 7) is 3.89. The minimum absolute atomic E-state index is 0.232. The molecule has 1 unspecified atom stereocenters. The van der Waals surface area contributed by atoms with E-state index in [4.69, 9.17) is 4.74 Å². The van der Waals surface area contributed by atoms with Crippen LogP contribution < -0.4 is 0 Å². The molecule has 1 aromatic rings. The number of hydrogen-bond acceptors (Lipinski definition) is 5. The highest BCUT2D eigenvalue weighted by atomic mass is 32.2. The second kappa shape index (κ2) is 6.40. The Balaban J connectivity index is 2.22. The third-order valence-electron chi connectivity index (χ3n) is 1.68. The lowest BCUT2D eigenvalue weighted by molar-refractivity contribution is -0.140. The van der Waals surface area contributed by atoms with Gasteiger partial charge in [0.25, 0.3) is 0 Å². The maximum Gasteiger partial charge on any atom is 0.302 e. The first kappa shape index (κ1) is 12.0. The van der Waals surface area contributed by atoms with Gasteiger partial charge < -0.3 is 4.74 Å². The van der Waals surface area contributed by atoms with Crippen molar-refractivity contribution in [3.05, 3.63) is 24.3 Å². The van der Waals surface area contributed by atoms with Crippen LogP contribution in [0.1, 0.15) is 19.5 Å². The third-order valence-corrected chi connectivity index (χ3v) is 2.85. The van der Waals surface area contributed by atoms with Crippen molar-refractivity contribution < 1.29 is 9.53 Å². The molecule has 4 nitrogen and oxygen atoms in total. The summed E-state index contributed by atoms with van der Waals surface area (Å²) in [4.78, 5) is 18.5. The van der Waals surface area contributed by atoms with Gasteiger partial charge in [0.2, 0.25) is 0 Å². The average Bonchev–Trinajstić information content (AvgIpc) is 2.25. The Morgan fingerprint density at radius 3 is 3.07 bits per heavy atom. The molecule has 1 heterocycles. The lowest BCUT2D eigenvalue weighted by atomic mass is 10.5. The second-order valence-corrected chi connectivity index (χ2v) is 4.55. The predicted octanol–water partition coefficient (Wildman–Crippen LogP) is 1.66. The number of carbonyl (C=O) groups excluding carboxylic acids is 1. The van der Waals surface area contributed by atoms with Gasteiger partial charge in [-0.2, -0.15) is 0 Å². The van der Waals surface area contributed by atoms with Crippen molar-refractivity contribution in [1.29, 1.82) is 0 Å². The van der Waals surface area contributed by atoms with Crippen LogP contribution in [-0.4, -0.2) is 27.8 Å². The number of carbonyl (C=O) groups is 1. The van der Waals surface area contributed by atoms with Gasteiger partial charge in [0.1, 0.15) is 12.9 Å². The van der Waals surface area contributed by atoms with Crippen LogP contribution >= 0.6 is 11.8 Å². The highest BCUT2D eigenvalue weighted by Crippen LogP contribution is 2.15. The van der Waals surface area contributed by atoms with Crippen molar-refractivity contribution in [3.8, 4) is 0 Å². The predicted molar refractivity (Wildman–Crippen MR) is 59.4 cm³/mol. The van der Waals surface area contributed by atoms with E-state index in [1.54, 1.807) is 18.0 Å². The number of aromatic nitrogens is 2. The number of ether oxygens (including phenoxy) is 1. The first-order valence-corrected chi connectivity index (χ1v) is 5.73. The van der Waals surface area contributed by atoms with E-state index in [2.05, 4.69) is 9.97 Å². The summed E-state index contributed by atoms with van der Waals surface area (Å²) in [6, 6.07) is 1.88. The van der Waals surface area contributed by atoms with Crippen LogP contribution in [-0.2, 0) is 15.3 Å². The largest absolute Gasteiger partial charge is 0.465 e. The van der Waals surface area contributed by atoms with Crippen LogP contribution in [0, 0.1) is 0 Å². The van der Waals surface area contributed by atoms with E-state index in [1.165, 1.54) is 13.3 Å². The van der Waals surface area contributed by atoms with Crippen molar-refractivity contribution in [2.24, 2.45) is 0 Å². The highest BCUT2D eigenvalue weighted by molar-refractivity contribution is 7.99. The number of hydrogen-bond donors (Lipinski definition) is 0. The molecule has 0 saturated heterocycles. The molecule has 0 spiro atoms. The van der Waals surface area contributed by atoms with E-state index in [0.717, 1.165) is 11.4 Å². The Bertz CT molecular complexity index is 306. The summed E-state index contributed by atoms with van der Waals surface area (Å²) in [7, 11) is 0. The maximum absolute atomic E-state index is 10.6. The molecule has 5 heteroatoms. The molecule has 0 N–H and O–H groups in total. The minimum atomic E-state index is -0.232. The topological polar surface area (TPSA) is 52.1 Å². The van der Waals surface area contributed by atoms with E-state index in [0.29, 0.717) is 6.61 Å². The van der Waals surface area contributed by atoms with Crippen LogP contribution in [0.15, 0.2) is 18.6 Å². The summed E-state index contributed by atoms with van der Waals surface area (Å²) in [5.74, 6) is 0.579. The van der Waals surface area contributed by atoms with Gasteiger partial charge in [-0.15, -0.1) is 11.8 Å². The van der Waals surface area contributed by atoms with Crippen LogP contribution in [0.3, 0.4) is 0 Å². The Hall–Kier alpha value is -1.10. The standard InChI is InChI=1S/C10H14N2O2S/c1-8(5-14-9(2)13)15-6-10-3-4-11-7-12-10/h3-4,7-8H,5-6H2,1-2H3. The Morgan fingerprint density at radius 1 is 1.67 bits per heavy atom. The molecular formula is C10H14N2O2S. The van der Waals surface area contributed by atoms with Crippen molar-refractivity contribution >= 4 is 17.7 Å². The molecule has 0 aliphatic heterocycles. The van der Waals surface area contributed by atoms with Gasteiger partial charge in [-0.3, -0.25) is 4.79 Å². The van der Waals surface area contributed by atoms with Crippen molar-refractivity contribution in [1.82, 2.24) is 9.97 Å². The first-order valence-electron chi connectivity index (χ1n) is 4.68. The first-order chi connectivity index (χ1) is 7.18. The van der Waals surface area contributed by atoms with Crippen LogP contribution in [0.25, 0.3) is 0 Å². The third kappa shape index (κ3) is 5.37. The monoisotopic (exact) mass is 226 g/mol. The van der Waals surface area contributed by atoms with Gasteiger partial charge in [0.05, 0.1) is 5.69 Å². The van der Waals surface area contributed by atoms with E-state index < -0.39 is 0 Å². The average molecular weight is 226 g/mol. The molecule has 0 aromatic carbocycles. The highest BCUT2D eigenvalue weighted by Gasteiger charge is 2.05. The Morgan fingerprint density at radius 2 is 2.47 bits per heavy atom. The molecule has 0 radical (unpaired) electrons. The quantitative estimate of drug-likeness (QED) is 0.715. The lowest BCUT2D eigenvalue weighted by Gasteiger charge is -2.10. The molecule has 0 aliphatic rings. The van der Waals surface area contributed by atoms with Crippen LogP contribution in [0.2, 0.25) is 0 Å². The van der Waals surface area contributed by atoms with Crippen molar-refractivity contribution in [2.45, 2.75) is 24.9 Å². The number of nitrogens with zero attached hydrogens (tertiary/aromatic N) is 2. The molecule has 1 rings (SSSR count). The molecule has 1 aromatic heterocycles. The second-order valence-electron chi connectivity index (χ2n) is 3.12. The van der Waals surface area contributed by atoms with Crippen molar-refractivity contribution in [3.63, 3.8) is 0 Å². The molecular weight excluding hydrogens is 212 g/mol. The molecule has 0 saturated carbocycles. The Labute approximate surface area is 93.5 Å². The van der Waals surface area contributed by atoms with E-state index in [9.17, 15) is 4.79 Å². The van der Waals surface area contributed by atoms with Gasteiger partial charge in [-0.05, 0) is 13.0 Å². The SMILES string of the molecule is CC(=O)OCC(C)SCc1ccncn1. The zero-order valence-electron chi connectivity index (χ0n) is 8.84. The van der Waals surface area contributed by atoms with Crippen LogP contribution in [0.4, 0.5) is 0 Å². The summed E-state index contributed by atoms with van der Waals surface area (Å²) in [5, 5.41) is 0.281. The maximum atomic E-state index is 10.6. The van der Waals surface area contributed by atoms with E-state index in [-0.39, 0.29) is 11.2 Å². The normalized spacial score (nSPS) is 12.1. The smallest absolute Gasteiger partial charge is 0.302 e. The van der Waals surface area contributed by atoms with E-state index in [1.807, 2.05) is 13.0 Å². The van der Waals surface area contributed by atoms with Crippen LogP contribution in [0.5, 0.6) is 0 Å². The molecule has 0 bridgehead atoms. The van der Waals surface area contributed by atoms with Gasteiger partial charge in [0.15, 0.2) is 0 Å². The fraction of sp³-hybridized carbons (Fsp3) is 0.500. The fourth-order valence-corrected chi connectivity index (χ4v) is 1.70. The molecule has 0 fully saturated rings. The minimum Gasteiger partial charge on any atom is -0.465 e. The zero-order chi connectivity index (χ0) is 11.1. The molecule has 15 heavy (non-hydrogen) atoms. The summed E-state index contributed by atoms with van der Waals surface area (Å²) in [6.07, 6.45) is 3.26. The van der Waals surface area contributed by atoms with E-state index >= 15 is 0 Å². The van der Waals surface area contributed by atoms with Gasteiger partial charge in [-0.25, -0.2) is 9.97 Å². The number of thioether (sulfide) groups is 1. The summed E-state index contributed by atoms with van der Waals surface area (Å²) >= 11 is 1.70. The fourth-order valence-electron chi connectivity index (χ4n) is 0.914. The number of esters is 1. The lowest BCUT2D eigenvalue weighted by Crippen LogP contribution is -2.11. The number of rotatable bonds is 5. The molecule has 0 aliphatic carbocycles. The molecule has 0 amide bonds. The molecule has 82 valence electrons.